The van der Waals surface area contributed by atoms with Crippen LogP contribution in [-0.2, 0) is 4.79 Å². The number of carbonyl (C=O) groups excluding carboxylic acids is 2. The molecule has 136 valence electrons. The molecule has 0 saturated heterocycles. The summed E-state index contributed by atoms with van der Waals surface area (Å²) in [5, 5.41) is 6.84. The van der Waals surface area contributed by atoms with Crippen molar-refractivity contribution in [1.29, 1.82) is 0 Å². The quantitative estimate of drug-likeness (QED) is 0.375. The number of hydrogen-bond acceptors (Lipinski definition) is 3. The lowest BCUT2D eigenvalue weighted by atomic mass is 10.0. The molecule has 5 nitrogen and oxygen atoms in total. The normalized spacial score (nSPS) is 11.3. The van der Waals surface area contributed by atoms with Crippen molar-refractivity contribution >= 4 is 45.8 Å². The molecule has 0 saturated carbocycles. The number of amides is 2. The van der Waals surface area contributed by atoms with Crippen molar-refractivity contribution in [2.24, 2.45) is 5.10 Å². The Morgan fingerprint density at radius 2 is 1.81 bits per heavy atom. The maximum atomic E-state index is 12.1. The van der Waals surface area contributed by atoms with Crippen LogP contribution in [0, 0.1) is 3.57 Å². The van der Waals surface area contributed by atoms with E-state index in [2.05, 4.69) is 52.3 Å². The monoisotopic (exact) mass is 463 g/mol. The van der Waals surface area contributed by atoms with Gasteiger partial charge in [-0.3, -0.25) is 9.59 Å². The van der Waals surface area contributed by atoms with Gasteiger partial charge in [-0.05, 0) is 71.3 Å². The Kier molecular flexibility index (Phi) is 7.32. The van der Waals surface area contributed by atoms with Crippen LogP contribution in [0.25, 0.3) is 0 Å². The predicted octanol–water partition coefficient (Wildman–Crippen LogP) is 4.55. The standard InChI is InChI=1S/C20H22IN3O2/c1-13(2)15-7-9-18(10-8-15)22-19(25)11-14(3)23-24-20(26)16-5-4-6-17(21)12-16/h4-10,12-13H,11H2,1-3H3,(H,22,25)(H,24,26). The summed E-state index contributed by atoms with van der Waals surface area (Å²) in [4.78, 5) is 24.1. The van der Waals surface area contributed by atoms with Gasteiger partial charge in [-0.15, -0.1) is 0 Å². The number of rotatable bonds is 6. The molecule has 2 aromatic carbocycles. The fraction of sp³-hybridized carbons (Fsp3) is 0.250. The van der Waals surface area contributed by atoms with Gasteiger partial charge in [0.05, 0.1) is 6.42 Å². The molecule has 0 unspecified atom stereocenters. The van der Waals surface area contributed by atoms with Crippen LogP contribution < -0.4 is 10.7 Å². The minimum atomic E-state index is -0.299. The summed E-state index contributed by atoms with van der Waals surface area (Å²) in [5.74, 6) is -0.0229. The fourth-order valence-corrected chi connectivity index (χ4v) is 2.81. The molecule has 0 atom stereocenters. The molecule has 0 heterocycles. The van der Waals surface area contributed by atoms with E-state index < -0.39 is 0 Å². The van der Waals surface area contributed by atoms with Gasteiger partial charge in [0.15, 0.2) is 0 Å². The van der Waals surface area contributed by atoms with Crippen molar-refractivity contribution in [2.45, 2.75) is 33.1 Å². The van der Waals surface area contributed by atoms with Crippen LogP contribution in [0.1, 0.15) is 49.0 Å². The lowest BCUT2D eigenvalue weighted by molar-refractivity contribution is -0.115. The van der Waals surface area contributed by atoms with Crippen molar-refractivity contribution in [1.82, 2.24) is 5.43 Å². The number of carbonyl (C=O) groups is 2. The lowest BCUT2D eigenvalue weighted by Gasteiger charge is -2.08. The molecule has 0 bridgehead atoms. The van der Waals surface area contributed by atoms with E-state index in [4.69, 9.17) is 0 Å². The molecular weight excluding hydrogens is 441 g/mol. The minimum absolute atomic E-state index is 0.110. The zero-order chi connectivity index (χ0) is 19.1. The summed E-state index contributed by atoms with van der Waals surface area (Å²) in [6.45, 7) is 5.95. The summed E-state index contributed by atoms with van der Waals surface area (Å²) in [7, 11) is 0. The molecule has 0 radical (unpaired) electrons. The van der Waals surface area contributed by atoms with Crippen molar-refractivity contribution in [3.8, 4) is 0 Å². The van der Waals surface area contributed by atoms with E-state index in [9.17, 15) is 9.59 Å². The van der Waals surface area contributed by atoms with Gasteiger partial charge in [-0.1, -0.05) is 32.0 Å². The largest absolute Gasteiger partial charge is 0.326 e. The van der Waals surface area contributed by atoms with Crippen LogP contribution in [0.4, 0.5) is 5.69 Å². The first-order valence-electron chi connectivity index (χ1n) is 8.34. The van der Waals surface area contributed by atoms with E-state index in [-0.39, 0.29) is 18.2 Å². The molecule has 6 heteroatoms. The molecule has 2 aromatic rings. The van der Waals surface area contributed by atoms with Crippen molar-refractivity contribution in [3.63, 3.8) is 0 Å². The van der Waals surface area contributed by atoms with E-state index in [1.165, 1.54) is 5.56 Å². The highest BCUT2D eigenvalue weighted by atomic mass is 127. The summed E-state index contributed by atoms with van der Waals surface area (Å²) in [6, 6.07) is 15.0. The number of nitrogens with zero attached hydrogens (tertiary/aromatic N) is 1. The van der Waals surface area contributed by atoms with Gasteiger partial charge < -0.3 is 5.32 Å². The minimum Gasteiger partial charge on any atom is -0.326 e. The lowest BCUT2D eigenvalue weighted by Crippen LogP contribution is -2.21. The van der Waals surface area contributed by atoms with E-state index in [0.717, 1.165) is 9.26 Å². The summed E-state index contributed by atoms with van der Waals surface area (Å²) in [6.07, 6.45) is 0.110. The van der Waals surface area contributed by atoms with Gasteiger partial charge in [0.1, 0.15) is 0 Å². The highest BCUT2D eigenvalue weighted by Crippen LogP contribution is 2.17. The third kappa shape index (κ3) is 6.25. The summed E-state index contributed by atoms with van der Waals surface area (Å²) < 4.78 is 0.971. The highest BCUT2D eigenvalue weighted by Gasteiger charge is 2.08. The molecule has 2 rings (SSSR count). The van der Waals surface area contributed by atoms with Crippen molar-refractivity contribution in [3.05, 3.63) is 63.2 Å². The van der Waals surface area contributed by atoms with Crippen LogP contribution in [0.15, 0.2) is 53.6 Å². The summed E-state index contributed by atoms with van der Waals surface area (Å²) in [5.41, 5.74) is 5.51. The number of nitrogens with one attached hydrogen (secondary N) is 2. The maximum Gasteiger partial charge on any atom is 0.271 e. The molecule has 0 fully saturated rings. The van der Waals surface area contributed by atoms with Gasteiger partial charge in [0.25, 0.3) is 5.91 Å². The first kappa shape index (κ1) is 20.1. The SMILES string of the molecule is CC(CC(=O)Nc1ccc(C(C)C)cc1)=NNC(=O)c1cccc(I)c1. The molecule has 0 aliphatic heterocycles. The zero-order valence-electron chi connectivity index (χ0n) is 15.0. The molecule has 0 aliphatic carbocycles. The highest BCUT2D eigenvalue weighted by molar-refractivity contribution is 14.1. The topological polar surface area (TPSA) is 70.6 Å². The fourth-order valence-electron chi connectivity index (χ4n) is 2.27. The van der Waals surface area contributed by atoms with Gasteiger partial charge in [-0.25, -0.2) is 5.43 Å². The van der Waals surface area contributed by atoms with Crippen LogP contribution >= 0.6 is 22.6 Å². The molecule has 0 aliphatic rings. The average molecular weight is 463 g/mol. The predicted molar refractivity (Wildman–Crippen MR) is 114 cm³/mol. The van der Waals surface area contributed by atoms with Gasteiger partial charge in [0, 0.05) is 20.5 Å². The van der Waals surface area contributed by atoms with Crippen molar-refractivity contribution in [2.75, 3.05) is 5.32 Å². The Bertz CT molecular complexity index is 814. The van der Waals surface area contributed by atoms with E-state index >= 15 is 0 Å². The van der Waals surface area contributed by atoms with Gasteiger partial charge in [0.2, 0.25) is 5.91 Å². The molecule has 0 aromatic heterocycles. The van der Waals surface area contributed by atoms with E-state index in [1.54, 1.807) is 19.1 Å². The second-order valence-corrected chi connectivity index (χ2v) is 7.55. The third-order valence-corrected chi connectivity index (χ3v) is 4.38. The Labute approximate surface area is 167 Å². The average Bonchev–Trinajstić information content (AvgIpc) is 2.60. The van der Waals surface area contributed by atoms with Crippen LogP contribution in [0.3, 0.4) is 0 Å². The van der Waals surface area contributed by atoms with Gasteiger partial charge >= 0.3 is 0 Å². The Morgan fingerprint density at radius 1 is 1.12 bits per heavy atom. The molecule has 2 amide bonds. The molecule has 0 spiro atoms. The number of halogens is 1. The van der Waals surface area contributed by atoms with Gasteiger partial charge in [-0.2, -0.15) is 5.10 Å². The third-order valence-electron chi connectivity index (χ3n) is 3.71. The summed E-state index contributed by atoms with van der Waals surface area (Å²) >= 11 is 2.14. The van der Waals surface area contributed by atoms with Crippen LogP contribution in [0.5, 0.6) is 0 Å². The maximum absolute atomic E-state index is 12.1. The van der Waals surface area contributed by atoms with Crippen LogP contribution in [-0.4, -0.2) is 17.5 Å². The number of anilines is 1. The molecule has 26 heavy (non-hydrogen) atoms. The number of hydrogen-bond donors (Lipinski definition) is 2. The smallest absolute Gasteiger partial charge is 0.271 e. The van der Waals surface area contributed by atoms with E-state index in [1.807, 2.05) is 36.4 Å². The Morgan fingerprint density at radius 3 is 2.42 bits per heavy atom. The zero-order valence-corrected chi connectivity index (χ0v) is 17.2. The first-order valence-corrected chi connectivity index (χ1v) is 9.42. The Hall–Kier alpha value is -2.22. The van der Waals surface area contributed by atoms with E-state index in [0.29, 0.717) is 17.2 Å². The second-order valence-electron chi connectivity index (χ2n) is 6.30. The Balaban J connectivity index is 1.87. The van der Waals surface area contributed by atoms with Crippen molar-refractivity contribution < 1.29 is 9.59 Å². The van der Waals surface area contributed by atoms with Crippen LogP contribution in [0.2, 0.25) is 0 Å². The first-order chi connectivity index (χ1) is 12.3. The number of hydrazone groups is 1. The second kappa shape index (κ2) is 9.47. The number of benzene rings is 2. The molecule has 2 N–H and O–H groups in total. The molecular formula is C20H22IN3O2.